The Hall–Kier alpha value is -1.69. The van der Waals surface area contributed by atoms with Gasteiger partial charge in [-0.1, -0.05) is 6.07 Å². The van der Waals surface area contributed by atoms with Crippen LogP contribution in [-0.2, 0) is 0 Å². The van der Waals surface area contributed by atoms with Crippen molar-refractivity contribution in [3.63, 3.8) is 0 Å². The first kappa shape index (κ1) is 12.8. The quantitative estimate of drug-likeness (QED) is 0.887. The van der Waals surface area contributed by atoms with Gasteiger partial charge in [-0.3, -0.25) is 4.79 Å². The van der Waals surface area contributed by atoms with Crippen LogP contribution in [0.5, 0.6) is 5.75 Å². The molecule has 1 fully saturated rings. The van der Waals surface area contributed by atoms with E-state index in [9.17, 15) is 13.6 Å². The molecule has 0 bridgehead atoms. The molecule has 1 aromatic rings. The molecule has 1 aliphatic heterocycles. The molecule has 0 radical (unpaired) electrons. The average molecular weight is 256 g/mol. The number of halogens is 2. The van der Waals surface area contributed by atoms with Crippen molar-refractivity contribution in [1.29, 1.82) is 0 Å². The lowest BCUT2D eigenvalue weighted by molar-refractivity contribution is -0.0499. The third-order valence-corrected chi connectivity index (χ3v) is 2.71. The van der Waals surface area contributed by atoms with Crippen molar-refractivity contribution >= 4 is 5.91 Å². The Bertz CT molecular complexity index is 420. The lowest BCUT2D eigenvalue weighted by atomic mass is 10.1. The molecule has 98 valence electrons. The van der Waals surface area contributed by atoms with E-state index in [1.165, 1.54) is 18.2 Å². The topological polar surface area (TPSA) is 41.6 Å². The van der Waals surface area contributed by atoms with Crippen LogP contribution in [0.25, 0.3) is 0 Å². The highest BCUT2D eigenvalue weighted by atomic mass is 19.3. The highest BCUT2D eigenvalue weighted by Crippen LogP contribution is 2.17. The molecule has 6 heteroatoms. The highest BCUT2D eigenvalue weighted by Gasteiger charge is 2.18. The first-order valence-corrected chi connectivity index (χ1v) is 5.71. The van der Waals surface area contributed by atoms with Crippen molar-refractivity contribution in [2.24, 2.45) is 0 Å². The van der Waals surface area contributed by atoms with Gasteiger partial charge in [0.15, 0.2) is 0 Å². The Morgan fingerprint density at radius 3 is 2.72 bits per heavy atom. The van der Waals surface area contributed by atoms with Crippen LogP contribution in [0.2, 0.25) is 0 Å². The van der Waals surface area contributed by atoms with E-state index in [-0.39, 0.29) is 11.7 Å². The molecule has 0 unspecified atom stereocenters. The van der Waals surface area contributed by atoms with Crippen molar-refractivity contribution in [2.75, 3.05) is 26.2 Å². The number of carbonyl (C=O) groups excluding carboxylic acids is 1. The van der Waals surface area contributed by atoms with E-state index in [0.29, 0.717) is 18.7 Å². The maximum absolute atomic E-state index is 12.1. The minimum Gasteiger partial charge on any atom is -0.435 e. The summed E-state index contributed by atoms with van der Waals surface area (Å²) in [4.78, 5) is 13.8. The van der Waals surface area contributed by atoms with Crippen molar-refractivity contribution in [1.82, 2.24) is 10.2 Å². The predicted octanol–water partition coefficient (Wildman–Crippen LogP) is 1.33. The molecule has 0 saturated carbocycles. The standard InChI is InChI=1S/C12H14F2N2O2/c13-12(14)18-10-3-1-2-9(8-10)11(17)16-6-4-15-5-7-16/h1-3,8,12,15H,4-7H2. The maximum atomic E-state index is 12.1. The predicted molar refractivity (Wildman–Crippen MR) is 61.8 cm³/mol. The van der Waals surface area contributed by atoms with Crippen molar-refractivity contribution in [3.8, 4) is 5.75 Å². The average Bonchev–Trinajstić information content (AvgIpc) is 2.38. The minimum absolute atomic E-state index is 0.00554. The van der Waals surface area contributed by atoms with Crippen molar-refractivity contribution in [2.45, 2.75) is 6.61 Å². The summed E-state index contributed by atoms with van der Waals surface area (Å²) in [6.45, 7) is -0.135. The summed E-state index contributed by atoms with van der Waals surface area (Å²) in [5.41, 5.74) is 0.370. The van der Waals surface area contributed by atoms with Gasteiger partial charge in [-0.2, -0.15) is 8.78 Å². The lowest BCUT2D eigenvalue weighted by Gasteiger charge is -2.27. The van der Waals surface area contributed by atoms with Gasteiger partial charge < -0.3 is 15.0 Å². The summed E-state index contributed by atoms with van der Waals surface area (Å²) in [5, 5.41) is 3.14. The fourth-order valence-corrected chi connectivity index (χ4v) is 1.86. The first-order valence-electron chi connectivity index (χ1n) is 5.71. The van der Waals surface area contributed by atoms with E-state index in [1.807, 2.05) is 0 Å². The Balaban J connectivity index is 2.09. The Labute approximate surface area is 104 Å². The zero-order valence-corrected chi connectivity index (χ0v) is 9.73. The molecule has 0 atom stereocenters. The van der Waals surface area contributed by atoms with Crippen LogP contribution < -0.4 is 10.1 Å². The normalized spacial score (nSPS) is 15.8. The van der Waals surface area contributed by atoms with Gasteiger partial charge in [-0.15, -0.1) is 0 Å². The van der Waals surface area contributed by atoms with E-state index in [0.717, 1.165) is 13.1 Å². The molecule has 18 heavy (non-hydrogen) atoms. The molecule has 2 rings (SSSR count). The lowest BCUT2D eigenvalue weighted by Crippen LogP contribution is -2.46. The zero-order valence-electron chi connectivity index (χ0n) is 9.73. The molecule has 4 nitrogen and oxygen atoms in total. The van der Waals surface area contributed by atoms with Gasteiger partial charge >= 0.3 is 6.61 Å². The number of nitrogens with zero attached hydrogens (tertiary/aromatic N) is 1. The second-order valence-corrected chi connectivity index (χ2v) is 3.95. The van der Waals surface area contributed by atoms with E-state index in [4.69, 9.17) is 0 Å². The Morgan fingerprint density at radius 1 is 1.33 bits per heavy atom. The number of alkyl halides is 2. The largest absolute Gasteiger partial charge is 0.435 e. The van der Waals surface area contributed by atoms with Gasteiger partial charge in [0, 0.05) is 31.7 Å². The van der Waals surface area contributed by atoms with Crippen LogP contribution in [0.1, 0.15) is 10.4 Å². The number of benzene rings is 1. The van der Waals surface area contributed by atoms with Gasteiger partial charge in [0.2, 0.25) is 0 Å². The van der Waals surface area contributed by atoms with Gasteiger partial charge in [-0.25, -0.2) is 0 Å². The Kier molecular flexibility index (Phi) is 4.09. The van der Waals surface area contributed by atoms with E-state index >= 15 is 0 Å². The van der Waals surface area contributed by atoms with E-state index in [2.05, 4.69) is 10.1 Å². The zero-order chi connectivity index (χ0) is 13.0. The smallest absolute Gasteiger partial charge is 0.387 e. The van der Waals surface area contributed by atoms with Crippen LogP contribution in [-0.4, -0.2) is 43.6 Å². The summed E-state index contributed by atoms with van der Waals surface area (Å²) in [7, 11) is 0. The van der Waals surface area contributed by atoms with Crippen molar-refractivity contribution < 1.29 is 18.3 Å². The van der Waals surface area contributed by atoms with E-state index < -0.39 is 6.61 Å². The monoisotopic (exact) mass is 256 g/mol. The van der Waals surface area contributed by atoms with Crippen molar-refractivity contribution in [3.05, 3.63) is 29.8 Å². The third kappa shape index (κ3) is 3.16. The number of rotatable bonds is 3. The van der Waals surface area contributed by atoms with Crippen LogP contribution in [0.3, 0.4) is 0 Å². The third-order valence-electron chi connectivity index (χ3n) is 2.71. The number of piperazine rings is 1. The number of hydrogen-bond acceptors (Lipinski definition) is 3. The number of nitrogens with one attached hydrogen (secondary N) is 1. The second kappa shape index (κ2) is 5.77. The first-order chi connectivity index (χ1) is 8.66. The molecule has 0 spiro atoms. The summed E-state index contributed by atoms with van der Waals surface area (Å²) in [6, 6.07) is 5.88. The van der Waals surface area contributed by atoms with Gasteiger partial charge in [0.05, 0.1) is 0 Å². The summed E-state index contributed by atoms with van der Waals surface area (Å²) >= 11 is 0. The van der Waals surface area contributed by atoms with Crippen LogP contribution in [0.15, 0.2) is 24.3 Å². The molecule has 1 aromatic carbocycles. The number of amides is 1. The molecule has 1 amide bonds. The Morgan fingerprint density at radius 2 is 2.06 bits per heavy atom. The summed E-state index contributed by atoms with van der Waals surface area (Å²) in [5.74, 6) is -0.151. The van der Waals surface area contributed by atoms with Crippen LogP contribution in [0.4, 0.5) is 8.78 Å². The second-order valence-electron chi connectivity index (χ2n) is 3.95. The SMILES string of the molecule is O=C(c1cccc(OC(F)F)c1)N1CCNCC1. The molecular weight excluding hydrogens is 242 g/mol. The summed E-state index contributed by atoms with van der Waals surface area (Å²) < 4.78 is 28.4. The number of ether oxygens (including phenoxy) is 1. The minimum atomic E-state index is -2.88. The summed E-state index contributed by atoms with van der Waals surface area (Å²) in [6.07, 6.45) is 0. The molecule has 1 N–H and O–H groups in total. The molecular formula is C12H14F2N2O2. The van der Waals surface area contributed by atoms with Crippen LogP contribution >= 0.6 is 0 Å². The van der Waals surface area contributed by atoms with E-state index in [1.54, 1.807) is 11.0 Å². The van der Waals surface area contributed by atoms with Gasteiger partial charge in [0.25, 0.3) is 5.91 Å². The molecule has 1 saturated heterocycles. The molecule has 0 aliphatic carbocycles. The molecule has 1 aliphatic rings. The molecule has 1 heterocycles. The number of hydrogen-bond donors (Lipinski definition) is 1. The molecule has 0 aromatic heterocycles. The van der Waals surface area contributed by atoms with Gasteiger partial charge in [-0.05, 0) is 18.2 Å². The fourth-order valence-electron chi connectivity index (χ4n) is 1.86. The highest BCUT2D eigenvalue weighted by molar-refractivity contribution is 5.94. The van der Waals surface area contributed by atoms with Crippen LogP contribution in [0, 0.1) is 0 Å². The maximum Gasteiger partial charge on any atom is 0.387 e. The fraction of sp³-hybridized carbons (Fsp3) is 0.417. The van der Waals surface area contributed by atoms with Gasteiger partial charge in [0.1, 0.15) is 5.75 Å². The number of carbonyl (C=O) groups is 1.